The largest absolute Gasteiger partial charge is 0.355 e. The molecule has 3 rings (SSSR count). The molecule has 2 heterocycles. The lowest BCUT2D eigenvalue weighted by Crippen LogP contribution is -2.47. The predicted molar refractivity (Wildman–Crippen MR) is 93.1 cm³/mol. The summed E-state index contributed by atoms with van der Waals surface area (Å²) in [4.78, 5) is 15.0. The molecule has 1 aliphatic carbocycles. The van der Waals surface area contributed by atoms with E-state index in [0.717, 1.165) is 24.1 Å². The van der Waals surface area contributed by atoms with Gasteiger partial charge in [0.15, 0.2) is 0 Å². The van der Waals surface area contributed by atoms with Crippen LogP contribution in [0.3, 0.4) is 0 Å². The van der Waals surface area contributed by atoms with Crippen molar-refractivity contribution in [3.8, 4) is 0 Å². The minimum Gasteiger partial charge on any atom is -0.355 e. The Hall–Kier alpha value is 0.130. The van der Waals surface area contributed by atoms with Gasteiger partial charge < -0.3 is 10.2 Å². The number of hydrogen-bond donors (Lipinski definition) is 1. The number of amides is 1. The molecule has 21 heavy (non-hydrogen) atoms. The lowest BCUT2D eigenvalue weighted by molar-refractivity contribution is -0.120. The van der Waals surface area contributed by atoms with Gasteiger partial charge in [-0.05, 0) is 44.7 Å². The van der Waals surface area contributed by atoms with Crippen molar-refractivity contribution in [3.63, 3.8) is 0 Å². The van der Waals surface area contributed by atoms with Gasteiger partial charge in [-0.15, -0.1) is 11.8 Å². The van der Waals surface area contributed by atoms with Gasteiger partial charge in [0.25, 0.3) is 0 Å². The number of nitrogens with zero attached hydrogens (tertiary/aromatic N) is 1. The Morgan fingerprint density at radius 1 is 1.10 bits per heavy atom. The van der Waals surface area contributed by atoms with Crippen molar-refractivity contribution in [1.29, 1.82) is 0 Å². The number of carbonyl (C=O) groups excluding carboxylic acids is 1. The van der Waals surface area contributed by atoms with Gasteiger partial charge >= 0.3 is 0 Å². The summed E-state index contributed by atoms with van der Waals surface area (Å²) >= 11 is 3.76. The van der Waals surface area contributed by atoms with E-state index in [9.17, 15) is 4.79 Å². The molecule has 0 radical (unpaired) electrons. The molecule has 3 aliphatic rings. The molecular formula is C16H28N2OS2. The van der Waals surface area contributed by atoms with Crippen LogP contribution in [-0.4, -0.2) is 59.0 Å². The molecule has 3 atom stereocenters. The van der Waals surface area contributed by atoms with Crippen LogP contribution in [0.15, 0.2) is 0 Å². The number of likely N-dealkylation sites (tertiary alicyclic amines) is 1. The Morgan fingerprint density at radius 2 is 1.90 bits per heavy atom. The van der Waals surface area contributed by atoms with E-state index in [2.05, 4.69) is 10.2 Å². The zero-order valence-corrected chi connectivity index (χ0v) is 14.5. The highest BCUT2D eigenvalue weighted by atomic mass is 32.2. The molecule has 120 valence electrons. The minimum absolute atomic E-state index is 0.192. The van der Waals surface area contributed by atoms with E-state index in [1.807, 2.05) is 23.5 Å². The zero-order chi connectivity index (χ0) is 14.5. The Bertz CT molecular complexity index is 341. The van der Waals surface area contributed by atoms with Crippen molar-refractivity contribution in [2.75, 3.05) is 36.9 Å². The van der Waals surface area contributed by atoms with E-state index < -0.39 is 0 Å². The Kier molecular flexibility index (Phi) is 6.18. The van der Waals surface area contributed by atoms with Crippen LogP contribution in [-0.2, 0) is 4.79 Å². The number of hydrogen-bond acceptors (Lipinski definition) is 4. The number of rotatable bonds is 4. The van der Waals surface area contributed by atoms with Crippen LogP contribution in [0.25, 0.3) is 0 Å². The van der Waals surface area contributed by atoms with Gasteiger partial charge in [0.2, 0.25) is 5.91 Å². The van der Waals surface area contributed by atoms with Crippen molar-refractivity contribution < 1.29 is 4.79 Å². The maximum absolute atomic E-state index is 12.3. The maximum atomic E-state index is 12.3. The summed E-state index contributed by atoms with van der Waals surface area (Å²) in [5.41, 5.74) is 0. The van der Waals surface area contributed by atoms with Gasteiger partial charge in [-0.3, -0.25) is 4.79 Å². The molecule has 3 unspecified atom stereocenters. The third kappa shape index (κ3) is 4.32. The average Bonchev–Trinajstić information content (AvgIpc) is 3.08. The zero-order valence-electron chi connectivity index (χ0n) is 12.9. The Labute approximate surface area is 137 Å². The average molecular weight is 329 g/mol. The summed E-state index contributed by atoms with van der Waals surface area (Å²) in [6.45, 7) is 3.47. The highest BCUT2D eigenvalue weighted by molar-refractivity contribution is 8.07. The van der Waals surface area contributed by atoms with E-state index in [1.54, 1.807) is 0 Å². The monoisotopic (exact) mass is 328 g/mol. The highest BCUT2D eigenvalue weighted by Crippen LogP contribution is 2.30. The first kappa shape index (κ1) is 16.0. The quantitative estimate of drug-likeness (QED) is 0.860. The minimum atomic E-state index is 0.192. The van der Waals surface area contributed by atoms with E-state index >= 15 is 0 Å². The van der Waals surface area contributed by atoms with Gasteiger partial charge in [-0.1, -0.05) is 12.8 Å². The van der Waals surface area contributed by atoms with Gasteiger partial charge in [0.05, 0.1) is 5.25 Å². The molecule has 0 aromatic carbocycles. The molecule has 0 aromatic heterocycles. The van der Waals surface area contributed by atoms with Gasteiger partial charge in [0, 0.05) is 29.8 Å². The van der Waals surface area contributed by atoms with E-state index in [0.29, 0.717) is 5.92 Å². The molecule has 5 heteroatoms. The molecule has 1 saturated carbocycles. The summed E-state index contributed by atoms with van der Waals surface area (Å²) in [6, 6.07) is 0.731. The lowest BCUT2D eigenvalue weighted by atomic mass is 9.83. The molecule has 1 amide bonds. The van der Waals surface area contributed by atoms with Crippen molar-refractivity contribution in [1.82, 2.24) is 10.2 Å². The van der Waals surface area contributed by atoms with Gasteiger partial charge in [0.1, 0.15) is 0 Å². The molecule has 1 N–H and O–H groups in total. The topological polar surface area (TPSA) is 32.3 Å². The second-order valence-electron chi connectivity index (χ2n) is 6.53. The third-order valence-electron chi connectivity index (χ3n) is 5.13. The molecule has 0 spiro atoms. The van der Waals surface area contributed by atoms with E-state index in [1.165, 1.54) is 57.4 Å². The number of thioether (sulfide) groups is 2. The van der Waals surface area contributed by atoms with Gasteiger partial charge in [-0.2, -0.15) is 11.8 Å². The van der Waals surface area contributed by atoms with Crippen LogP contribution in [0.2, 0.25) is 0 Å². The standard InChI is InChI=1S/C16H28N2OS2/c19-16(15-12-20-9-10-21-15)17-11-13-5-1-2-6-14(13)18-7-3-4-8-18/h13-15H,1-12H2,(H,17,19). The SMILES string of the molecule is O=C(NCC1CCCCC1N1CCCC1)C1CSCCS1. The van der Waals surface area contributed by atoms with Crippen LogP contribution >= 0.6 is 23.5 Å². The van der Waals surface area contributed by atoms with Crippen LogP contribution in [0, 0.1) is 5.92 Å². The lowest BCUT2D eigenvalue weighted by Gasteiger charge is -2.38. The summed E-state index contributed by atoms with van der Waals surface area (Å²) < 4.78 is 0. The highest BCUT2D eigenvalue weighted by Gasteiger charge is 2.32. The molecule has 2 aliphatic heterocycles. The van der Waals surface area contributed by atoms with Crippen molar-refractivity contribution in [2.45, 2.75) is 49.8 Å². The number of carbonyl (C=O) groups is 1. The second-order valence-corrected chi connectivity index (χ2v) is 8.99. The first-order valence-electron chi connectivity index (χ1n) is 8.56. The Balaban J connectivity index is 1.48. The fourth-order valence-corrected chi connectivity index (χ4v) is 6.55. The summed E-state index contributed by atoms with van der Waals surface area (Å²) in [5, 5.41) is 3.47. The maximum Gasteiger partial charge on any atom is 0.233 e. The van der Waals surface area contributed by atoms with Gasteiger partial charge in [-0.25, -0.2) is 0 Å². The van der Waals surface area contributed by atoms with Crippen LogP contribution < -0.4 is 5.32 Å². The van der Waals surface area contributed by atoms with Crippen molar-refractivity contribution in [2.24, 2.45) is 5.92 Å². The van der Waals surface area contributed by atoms with Crippen LogP contribution in [0.4, 0.5) is 0 Å². The van der Waals surface area contributed by atoms with Crippen LogP contribution in [0.1, 0.15) is 38.5 Å². The third-order valence-corrected chi connectivity index (χ3v) is 7.88. The fraction of sp³-hybridized carbons (Fsp3) is 0.938. The molecule has 3 fully saturated rings. The molecule has 0 bridgehead atoms. The fourth-order valence-electron chi connectivity index (χ4n) is 3.96. The summed E-state index contributed by atoms with van der Waals surface area (Å²) in [7, 11) is 0. The summed E-state index contributed by atoms with van der Waals surface area (Å²) in [6.07, 6.45) is 8.10. The molecule has 3 nitrogen and oxygen atoms in total. The van der Waals surface area contributed by atoms with E-state index in [4.69, 9.17) is 0 Å². The smallest absolute Gasteiger partial charge is 0.233 e. The number of nitrogens with one attached hydrogen (secondary N) is 1. The molecule has 2 saturated heterocycles. The first-order chi connectivity index (χ1) is 10.3. The first-order valence-corrected chi connectivity index (χ1v) is 10.8. The van der Waals surface area contributed by atoms with Crippen LogP contribution in [0.5, 0.6) is 0 Å². The molecule has 0 aromatic rings. The normalized spacial score (nSPS) is 34.8. The van der Waals surface area contributed by atoms with Crippen molar-refractivity contribution >= 4 is 29.4 Å². The predicted octanol–water partition coefficient (Wildman–Crippen LogP) is 2.61. The Morgan fingerprint density at radius 3 is 2.67 bits per heavy atom. The second kappa shape index (κ2) is 8.11. The van der Waals surface area contributed by atoms with Crippen molar-refractivity contribution in [3.05, 3.63) is 0 Å². The van der Waals surface area contributed by atoms with E-state index in [-0.39, 0.29) is 11.2 Å². The summed E-state index contributed by atoms with van der Waals surface area (Å²) in [5.74, 6) is 4.30. The molecular weight excluding hydrogens is 300 g/mol.